The Morgan fingerprint density at radius 1 is 1.36 bits per heavy atom. The third-order valence-electron chi connectivity index (χ3n) is 2.02. The molecular formula is C12H16O2. The van der Waals surface area contributed by atoms with Gasteiger partial charge in [-0.3, -0.25) is 4.79 Å². The quantitative estimate of drug-likeness (QED) is 0.670. The van der Waals surface area contributed by atoms with Crippen molar-refractivity contribution in [3.63, 3.8) is 0 Å². The summed E-state index contributed by atoms with van der Waals surface area (Å²) in [6.45, 7) is 4.51. The second kappa shape index (κ2) is 5.55. The molecule has 0 N–H and O–H groups in total. The van der Waals surface area contributed by atoms with Crippen LogP contribution in [0.3, 0.4) is 0 Å². The number of benzene rings is 1. The molecular weight excluding hydrogens is 176 g/mol. The van der Waals surface area contributed by atoms with Gasteiger partial charge < -0.3 is 4.74 Å². The number of carbonyl (C=O) groups excluding carboxylic acids is 1. The molecule has 1 rings (SSSR count). The van der Waals surface area contributed by atoms with Crippen molar-refractivity contribution < 1.29 is 9.53 Å². The van der Waals surface area contributed by atoms with E-state index in [0.717, 1.165) is 5.56 Å². The van der Waals surface area contributed by atoms with Crippen LogP contribution in [0.15, 0.2) is 30.3 Å². The molecule has 1 aromatic carbocycles. The molecule has 1 atom stereocenters. The zero-order valence-electron chi connectivity index (χ0n) is 8.69. The molecule has 14 heavy (non-hydrogen) atoms. The van der Waals surface area contributed by atoms with E-state index >= 15 is 0 Å². The summed E-state index contributed by atoms with van der Waals surface area (Å²) in [5.74, 6) is 0.145. The van der Waals surface area contributed by atoms with Crippen molar-refractivity contribution in [3.05, 3.63) is 35.9 Å². The molecule has 0 fully saturated rings. The van der Waals surface area contributed by atoms with Crippen LogP contribution in [0.1, 0.15) is 30.6 Å². The second-order valence-electron chi connectivity index (χ2n) is 3.26. The van der Waals surface area contributed by atoms with Crippen molar-refractivity contribution in [2.24, 2.45) is 0 Å². The Hall–Kier alpha value is -1.15. The first kappa shape index (κ1) is 10.9. The maximum atomic E-state index is 11.6. The van der Waals surface area contributed by atoms with Crippen molar-refractivity contribution in [1.29, 1.82) is 0 Å². The first-order valence-electron chi connectivity index (χ1n) is 4.94. The zero-order valence-corrected chi connectivity index (χ0v) is 8.69. The standard InChI is InChI=1S/C12H16O2/c1-3-14-10(2)9-12(13)11-7-5-4-6-8-11/h4-8,10H,3,9H2,1-2H3. The van der Waals surface area contributed by atoms with Gasteiger partial charge in [-0.25, -0.2) is 0 Å². The van der Waals surface area contributed by atoms with Gasteiger partial charge in [-0.1, -0.05) is 30.3 Å². The van der Waals surface area contributed by atoms with Crippen molar-refractivity contribution >= 4 is 5.78 Å². The van der Waals surface area contributed by atoms with Crippen LogP contribution in [0, 0.1) is 0 Å². The molecule has 0 aromatic heterocycles. The predicted molar refractivity (Wildman–Crippen MR) is 56.5 cm³/mol. The van der Waals surface area contributed by atoms with Crippen molar-refractivity contribution in [1.82, 2.24) is 0 Å². The van der Waals surface area contributed by atoms with E-state index in [1.807, 2.05) is 44.2 Å². The summed E-state index contributed by atoms with van der Waals surface area (Å²) in [6.07, 6.45) is 0.463. The van der Waals surface area contributed by atoms with Gasteiger partial charge >= 0.3 is 0 Å². The van der Waals surface area contributed by atoms with Crippen LogP contribution in [0.4, 0.5) is 0 Å². The van der Waals surface area contributed by atoms with Crippen LogP contribution in [0.5, 0.6) is 0 Å². The highest BCUT2D eigenvalue weighted by Gasteiger charge is 2.10. The third-order valence-corrected chi connectivity index (χ3v) is 2.02. The molecule has 1 unspecified atom stereocenters. The lowest BCUT2D eigenvalue weighted by Crippen LogP contribution is -2.14. The molecule has 0 heterocycles. The fourth-order valence-electron chi connectivity index (χ4n) is 1.35. The monoisotopic (exact) mass is 192 g/mol. The normalized spacial score (nSPS) is 12.4. The lowest BCUT2D eigenvalue weighted by molar-refractivity contribution is 0.0609. The molecule has 0 spiro atoms. The highest BCUT2D eigenvalue weighted by Crippen LogP contribution is 2.07. The van der Waals surface area contributed by atoms with E-state index in [-0.39, 0.29) is 11.9 Å². The average molecular weight is 192 g/mol. The van der Waals surface area contributed by atoms with E-state index in [9.17, 15) is 4.79 Å². The number of ether oxygens (including phenoxy) is 1. The van der Waals surface area contributed by atoms with Crippen molar-refractivity contribution in [2.45, 2.75) is 26.4 Å². The Balaban J connectivity index is 2.51. The predicted octanol–water partition coefficient (Wildman–Crippen LogP) is 2.68. The number of carbonyl (C=O) groups is 1. The highest BCUT2D eigenvalue weighted by atomic mass is 16.5. The van der Waals surface area contributed by atoms with E-state index in [1.165, 1.54) is 0 Å². The molecule has 1 aromatic rings. The number of hydrogen-bond donors (Lipinski definition) is 0. The van der Waals surface area contributed by atoms with Gasteiger partial charge in [-0.05, 0) is 13.8 Å². The number of rotatable bonds is 5. The molecule has 2 nitrogen and oxygen atoms in total. The lowest BCUT2D eigenvalue weighted by Gasteiger charge is -2.09. The van der Waals surface area contributed by atoms with Gasteiger partial charge in [-0.2, -0.15) is 0 Å². The molecule has 0 saturated heterocycles. The largest absolute Gasteiger partial charge is 0.378 e. The molecule has 0 radical (unpaired) electrons. The first-order chi connectivity index (χ1) is 6.74. The molecule has 0 bridgehead atoms. The van der Waals surface area contributed by atoms with Crippen LogP contribution in [-0.4, -0.2) is 18.5 Å². The van der Waals surface area contributed by atoms with E-state index in [2.05, 4.69) is 0 Å². The maximum absolute atomic E-state index is 11.6. The van der Waals surface area contributed by atoms with E-state index < -0.39 is 0 Å². The summed E-state index contributed by atoms with van der Waals surface area (Å²) in [7, 11) is 0. The van der Waals surface area contributed by atoms with Crippen LogP contribution < -0.4 is 0 Å². The summed E-state index contributed by atoms with van der Waals surface area (Å²) in [6, 6.07) is 9.32. The zero-order chi connectivity index (χ0) is 10.4. The van der Waals surface area contributed by atoms with Gasteiger partial charge in [-0.15, -0.1) is 0 Å². The maximum Gasteiger partial charge on any atom is 0.165 e. The smallest absolute Gasteiger partial charge is 0.165 e. The summed E-state index contributed by atoms with van der Waals surface area (Å²) >= 11 is 0. The third kappa shape index (κ3) is 3.30. The van der Waals surface area contributed by atoms with Crippen LogP contribution in [-0.2, 0) is 4.74 Å². The van der Waals surface area contributed by atoms with Crippen molar-refractivity contribution in [3.8, 4) is 0 Å². The molecule has 0 aliphatic carbocycles. The lowest BCUT2D eigenvalue weighted by atomic mass is 10.1. The first-order valence-corrected chi connectivity index (χ1v) is 4.94. The molecule has 0 saturated carbocycles. The van der Waals surface area contributed by atoms with Gasteiger partial charge in [0.25, 0.3) is 0 Å². The summed E-state index contributed by atoms with van der Waals surface area (Å²) in [4.78, 5) is 11.6. The van der Waals surface area contributed by atoms with Gasteiger partial charge in [0.1, 0.15) is 0 Å². The Morgan fingerprint density at radius 3 is 2.57 bits per heavy atom. The van der Waals surface area contributed by atoms with E-state index in [0.29, 0.717) is 13.0 Å². The van der Waals surface area contributed by atoms with Crippen LogP contribution >= 0.6 is 0 Å². The van der Waals surface area contributed by atoms with E-state index in [4.69, 9.17) is 4.74 Å². The number of ketones is 1. The molecule has 0 aliphatic heterocycles. The Morgan fingerprint density at radius 2 is 2.00 bits per heavy atom. The van der Waals surface area contributed by atoms with Crippen LogP contribution in [0.2, 0.25) is 0 Å². The minimum Gasteiger partial charge on any atom is -0.378 e. The molecule has 0 aliphatic rings. The molecule has 0 amide bonds. The SMILES string of the molecule is CCOC(C)CC(=O)c1ccccc1. The Labute approximate surface area is 84.9 Å². The van der Waals surface area contributed by atoms with Gasteiger partial charge in [0.15, 0.2) is 5.78 Å². The minimum absolute atomic E-state index is 0.00714. The second-order valence-corrected chi connectivity index (χ2v) is 3.26. The Bertz CT molecular complexity index is 280. The summed E-state index contributed by atoms with van der Waals surface area (Å²) < 4.78 is 5.31. The average Bonchev–Trinajstić information content (AvgIpc) is 2.19. The van der Waals surface area contributed by atoms with Gasteiger partial charge in [0.2, 0.25) is 0 Å². The summed E-state index contributed by atoms with van der Waals surface area (Å²) in [5.41, 5.74) is 0.763. The Kier molecular flexibility index (Phi) is 4.33. The highest BCUT2D eigenvalue weighted by molar-refractivity contribution is 5.96. The fourth-order valence-corrected chi connectivity index (χ4v) is 1.35. The minimum atomic E-state index is 0.00714. The van der Waals surface area contributed by atoms with Gasteiger partial charge in [0.05, 0.1) is 6.10 Å². The van der Waals surface area contributed by atoms with Crippen molar-refractivity contribution in [2.75, 3.05) is 6.61 Å². The van der Waals surface area contributed by atoms with E-state index in [1.54, 1.807) is 0 Å². The number of hydrogen-bond acceptors (Lipinski definition) is 2. The topological polar surface area (TPSA) is 26.3 Å². The fraction of sp³-hybridized carbons (Fsp3) is 0.417. The van der Waals surface area contributed by atoms with Crippen LogP contribution in [0.25, 0.3) is 0 Å². The molecule has 76 valence electrons. The van der Waals surface area contributed by atoms with Gasteiger partial charge in [0, 0.05) is 18.6 Å². The summed E-state index contributed by atoms with van der Waals surface area (Å²) in [5, 5.41) is 0. The number of Topliss-reactive ketones (excluding diaryl/α,β-unsaturated/α-hetero) is 1. The molecule has 2 heteroatoms.